The summed E-state index contributed by atoms with van der Waals surface area (Å²) in [6, 6.07) is 1.69. The number of halogens is 8. The minimum absolute atomic E-state index is 0.0155. The molecule has 0 fully saturated rings. The number of nitrogens with one attached hydrogen (secondary N) is 2. The Kier molecular flexibility index (Phi) is 9.22. The van der Waals surface area contributed by atoms with E-state index in [4.69, 9.17) is 0 Å². The second kappa shape index (κ2) is 12.6. The van der Waals surface area contributed by atoms with Gasteiger partial charge in [-0.3, -0.25) is 9.78 Å². The number of fused-ring (bicyclic) bond motifs is 1. The fraction of sp³-hybridized carbons (Fsp3) is 0.276. The zero-order valence-electron chi connectivity index (χ0n) is 23.7. The van der Waals surface area contributed by atoms with Gasteiger partial charge >= 0.3 is 18.3 Å². The number of benzene rings is 1. The molecule has 3 heterocycles. The van der Waals surface area contributed by atoms with Gasteiger partial charge in [-0.15, -0.1) is 0 Å². The monoisotopic (exact) mass is 654 g/mol. The van der Waals surface area contributed by atoms with E-state index in [1.807, 2.05) is 10.6 Å². The maximum absolute atomic E-state index is 14.8. The maximum Gasteiger partial charge on any atom is 0.418 e. The van der Waals surface area contributed by atoms with Crippen molar-refractivity contribution in [2.45, 2.75) is 51.1 Å². The summed E-state index contributed by atoms with van der Waals surface area (Å²) in [5.74, 6) is -6.30. The summed E-state index contributed by atoms with van der Waals surface area (Å²) >= 11 is 0. The number of carbonyl (C=O) groups excluding carboxylic acids is 1. The first-order valence-corrected chi connectivity index (χ1v) is 13.3. The number of pyridine rings is 2. The van der Waals surface area contributed by atoms with Crippen LogP contribution in [0.4, 0.5) is 40.8 Å². The number of hydrogen-bond acceptors (Lipinski definition) is 6. The molecular formula is C29H22F8N6O3. The lowest BCUT2D eigenvalue weighted by molar-refractivity contribution is -0.143. The Hall–Kier alpha value is -5.27. The SMILES string of the molecule is CC[C@@H](Nc1cc(F)c(C(=O)N[C@@H](Cc2ccc(-c3nc(C)c(C#N)cc3C(F)(F)F)c3nccn23)C(=O)O)c(F)c1)C(F)(F)F. The fourth-order valence-electron chi connectivity index (χ4n) is 4.69. The first kappa shape index (κ1) is 33.6. The Bertz CT molecular complexity index is 1840. The van der Waals surface area contributed by atoms with Gasteiger partial charge in [-0.05, 0) is 43.7 Å². The number of anilines is 1. The van der Waals surface area contributed by atoms with Crippen molar-refractivity contribution in [1.29, 1.82) is 5.26 Å². The lowest BCUT2D eigenvalue weighted by Crippen LogP contribution is -2.43. The van der Waals surface area contributed by atoms with Gasteiger partial charge in [-0.25, -0.2) is 18.6 Å². The van der Waals surface area contributed by atoms with Crippen molar-refractivity contribution in [2.75, 3.05) is 5.32 Å². The highest BCUT2D eigenvalue weighted by molar-refractivity contribution is 5.97. The second-order valence-electron chi connectivity index (χ2n) is 10.0. The molecule has 1 aromatic carbocycles. The third kappa shape index (κ3) is 6.85. The summed E-state index contributed by atoms with van der Waals surface area (Å²) in [6.45, 7) is 2.54. The molecule has 0 aliphatic rings. The Morgan fingerprint density at radius 3 is 2.28 bits per heavy atom. The van der Waals surface area contributed by atoms with Crippen molar-refractivity contribution in [3.05, 3.63) is 82.4 Å². The molecule has 0 spiro atoms. The molecule has 0 radical (unpaired) electrons. The molecule has 2 atom stereocenters. The molecule has 3 aromatic heterocycles. The smallest absolute Gasteiger partial charge is 0.418 e. The number of aliphatic carboxylic acids is 1. The highest BCUT2D eigenvalue weighted by Gasteiger charge is 2.39. The van der Waals surface area contributed by atoms with Crippen molar-refractivity contribution >= 4 is 23.2 Å². The minimum atomic E-state index is -4.91. The zero-order valence-corrected chi connectivity index (χ0v) is 23.7. The van der Waals surface area contributed by atoms with E-state index in [9.17, 15) is 55.1 Å². The molecule has 1 amide bonds. The van der Waals surface area contributed by atoms with Gasteiger partial charge in [0.25, 0.3) is 5.91 Å². The maximum atomic E-state index is 14.8. The first-order valence-electron chi connectivity index (χ1n) is 13.3. The summed E-state index contributed by atoms with van der Waals surface area (Å²) in [4.78, 5) is 32.9. The summed E-state index contributed by atoms with van der Waals surface area (Å²) in [6.07, 6.45) is -8.14. The van der Waals surface area contributed by atoms with Gasteiger partial charge in [0.1, 0.15) is 41.0 Å². The largest absolute Gasteiger partial charge is 0.480 e. The van der Waals surface area contributed by atoms with Gasteiger partial charge in [-0.2, -0.15) is 31.6 Å². The van der Waals surface area contributed by atoms with Crippen molar-refractivity contribution < 1.29 is 49.8 Å². The molecule has 4 aromatic rings. The topological polar surface area (TPSA) is 132 Å². The van der Waals surface area contributed by atoms with Crippen LogP contribution >= 0.6 is 0 Å². The highest BCUT2D eigenvalue weighted by Crippen LogP contribution is 2.38. The Balaban J connectivity index is 1.65. The van der Waals surface area contributed by atoms with Crippen LogP contribution in [0.1, 0.15) is 46.2 Å². The zero-order chi connectivity index (χ0) is 34.1. The van der Waals surface area contributed by atoms with Crippen LogP contribution in [-0.2, 0) is 17.4 Å². The van der Waals surface area contributed by atoms with E-state index in [0.29, 0.717) is 18.2 Å². The number of nitrogens with zero attached hydrogens (tertiary/aromatic N) is 4. The van der Waals surface area contributed by atoms with Crippen LogP contribution in [0.15, 0.2) is 42.7 Å². The summed E-state index contributed by atoms with van der Waals surface area (Å²) < 4.78 is 112. The van der Waals surface area contributed by atoms with E-state index in [2.05, 4.69) is 9.97 Å². The Morgan fingerprint density at radius 1 is 1.09 bits per heavy atom. The van der Waals surface area contributed by atoms with Gasteiger partial charge in [0.15, 0.2) is 0 Å². The number of nitriles is 1. The number of carboxylic acid groups (broad SMARTS) is 1. The number of rotatable bonds is 9. The number of aryl methyl sites for hydroxylation is 1. The summed E-state index contributed by atoms with van der Waals surface area (Å²) in [7, 11) is 0. The van der Waals surface area contributed by atoms with Gasteiger partial charge in [0.05, 0.1) is 22.5 Å². The molecule has 4 rings (SSSR count). The average Bonchev–Trinajstić information content (AvgIpc) is 3.44. The van der Waals surface area contributed by atoms with E-state index in [-0.39, 0.29) is 28.2 Å². The molecule has 17 heteroatoms. The van der Waals surface area contributed by atoms with E-state index in [0.717, 1.165) is 0 Å². The average molecular weight is 655 g/mol. The highest BCUT2D eigenvalue weighted by atomic mass is 19.4. The van der Waals surface area contributed by atoms with E-state index < -0.39 is 83.3 Å². The molecule has 0 aliphatic carbocycles. The molecule has 0 bridgehead atoms. The number of carboxylic acids is 1. The van der Waals surface area contributed by atoms with E-state index >= 15 is 0 Å². The van der Waals surface area contributed by atoms with Crippen LogP contribution in [0.5, 0.6) is 0 Å². The molecule has 0 saturated carbocycles. The van der Waals surface area contributed by atoms with E-state index in [1.54, 1.807) is 6.07 Å². The van der Waals surface area contributed by atoms with Crippen LogP contribution in [0.25, 0.3) is 16.9 Å². The Morgan fingerprint density at radius 2 is 1.74 bits per heavy atom. The van der Waals surface area contributed by atoms with Crippen LogP contribution < -0.4 is 10.6 Å². The lowest BCUT2D eigenvalue weighted by Gasteiger charge is -2.22. The molecular weight excluding hydrogens is 632 g/mol. The van der Waals surface area contributed by atoms with Crippen LogP contribution in [0.3, 0.4) is 0 Å². The molecule has 242 valence electrons. The summed E-state index contributed by atoms with van der Waals surface area (Å²) in [5, 5.41) is 22.9. The predicted octanol–water partition coefficient (Wildman–Crippen LogP) is 6.05. The van der Waals surface area contributed by atoms with Crippen molar-refractivity contribution in [3.8, 4) is 17.3 Å². The molecule has 0 unspecified atom stereocenters. The third-order valence-electron chi connectivity index (χ3n) is 6.96. The second-order valence-corrected chi connectivity index (χ2v) is 10.0. The normalized spacial score (nSPS) is 13.2. The summed E-state index contributed by atoms with van der Waals surface area (Å²) in [5.41, 5.74) is -3.98. The number of imidazole rings is 1. The standard InChI is InChI=1S/C29H22F8N6O3/c1-3-22(29(35,36)37)41-15-9-19(30)23(20(31)10-15)26(44)42-21(27(45)46)11-16-4-5-17(25-39-6-7-43(16)25)24-18(28(32,33)34)8-14(12-38)13(2)40-24/h4-10,21-22,41H,3,11H2,1-2H3,(H,42,44)(H,45,46)/t21-,22+/m0/s1. The van der Waals surface area contributed by atoms with Crippen molar-refractivity contribution in [2.24, 2.45) is 0 Å². The van der Waals surface area contributed by atoms with Crippen LogP contribution in [-0.4, -0.2) is 49.6 Å². The quantitative estimate of drug-likeness (QED) is 0.187. The molecule has 0 saturated heterocycles. The van der Waals surface area contributed by atoms with E-state index in [1.165, 1.54) is 42.8 Å². The lowest BCUT2D eigenvalue weighted by atomic mass is 10.0. The van der Waals surface area contributed by atoms with Gasteiger partial charge in [0, 0.05) is 35.8 Å². The van der Waals surface area contributed by atoms with Gasteiger partial charge in [0.2, 0.25) is 0 Å². The molecule has 3 N–H and O–H groups in total. The number of aromatic nitrogens is 3. The Labute approximate surface area is 254 Å². The molecule has 0 aliphatic heterocycles. The molecule has 46 heavy (non-hydrogen) atoms. The van der Waals surface area contributed by atoms with Crippen molar-refractivity contribution in [1.82, 2.24) is 19.7 Å². The minimum Gasteiger partial charge on any atom is -0.480 e. The number of hydrogen-bond donors (Lipinski definition) is 3. The third-order valence-corrected chi connectivity index (χ3v) is 6.96. The predicted molar refractivity (Wildman–Crippen MR) is 146 cm³/mol. The first-order chi connectivity index (χ1) is 21.5. The van der Waals surface area contributed by atoms with Gasteiger partial charge in [-0.1, -0.05) is 6.92 Å². The van der Waals surface area contributed by atoms with Crippen molar-refractivity contribution in [3.63, 3.8) is 0 Å². The van der Waals surface area contributed by atoms with Gasteiger partial charge < -0.3 is 20.1 Å². The fourth-order valence-corrected chi connectivity index (χ4v) is 4.69. The van der Waals surface area contributed by atoms with Crippen LogP contribution in [0, 0.1) is 29.9 Å². The number of carbonyl (C=O) groups is 2. The number of amides is 1. The number of alkyl halides is 6. The van der Waals surface area contributed by atoms with Crippen LogP contribution in [0.2, 0.25) is 0 Å². The molecule has 9 nitrogen and oxygen atoms in total.